The molecule has 0 aliphatic rings. The molecule has 0 aromatic carbocycles. The summed E-state index contributed by atoms with van der Waals surface area (Å²) in [6.07, 6.45) is 0. The zero-order valence-electron chi connectivity index (χ0n) is 11.8. The van der Waals surface area contributed by atoms with Crippen molar-refractivity contribution in [2.45, 2.75) is 16.3 Å². The monoisotopic (exact) mass is 327 g/mol. The molecule has 21 heavy (non-hydrogen) atoms. The molecule has 0 aliphatic heterocycles. The van der Waals surface area contributed by atoms with Gasteiger partial charge in [-0.15, -0.1) is 10.2 Å². The first-order valence-corrected chi connectivity index (χ1v) is 7.45. The van der Waals surface area contributed by atoms with E-state index in [0.717, 1.165) is 16.9 Å². The Morgan fingerprint density at radius 1 is 1.33 bits per heavy atom. The Balaban J connectivity index is 2.41. The van der Waals surface area contributed by atoms with E-state index in [1.165, 1.54) is 11.3 Å². The molecule has 0 amide bonds. The lowest BCUT2D eigenvalue weighted by Crippen LogP contribution is -2.07. The molecule has 0 atom stereocenters. The van der Waals surface area contributed by atoms with Gasteiger partial charge in [-0.3, -0.25) is 10.1 Å². The van der Waals surface area contributed by atoms with E-state index in [4.69, 9.17) is 0 Å². The van der Waals surface area contributed by atoms with Crippen LogP contribution < -0.4 is 10.2 Å². The molecule has 0 radical (unpaired) electrons. The van der Waals surface area contributed by atoms with Gasteiger partial charge in [0.05, 0.1) is 4.92 Å². The van der Waals surface area contributed by atoms with Crippen LogP contribution in [0, 0.1) is 17.0 Å². The molecule has 0 fully saturated rings. The van der Waals surface area contributed by atoms with E-state index in [0.29, 0.717) is 16.0 Å². The minimum Gasteiger partial charge on any atom is -0.357 e. The van der Waals surface area contributed by atoms with Crippen molar-refractivity contribution in [2.75, 3.05) is 31.4 Å². The number of aryl methyl sites for hydroxylation is 1. The summed E-state index contributed by atoms with van der Waals surface area (Å²) in [5.74, 6) is 0.331. The van der Waals surface area contributed by atoms with E-state index in [-0.39, 0.29) is 10.7 Å². The summed E-state index contributed by atoms with van der Waals surface area (Å²) in [5.41, 5.74) is 0.194. The third-order valence-corrected chi connectivity index (χ3v) is 4.51. The van der Waals surface area contributed by atoms with Gasteiger partial charge in [0.2, 0.25) is 11.1 Å². The maximum Gasteiger partial charge on any atom is 0.322 e. The topological polar surface area (TPSA) is 110 Å². The Morgan fingerprint density at radius 2 is 2.05 bits per heavy atom. The summed E-state index contributed by atoms with van der Waals surface area (Å²) in [7, 11) is 5.36. The van der Waals surface area contributed by atoms with Crippen molar-refractivity contribution >= 4 is 39.9 Å². The van der Waals surface area contributed by atoms with Crippen molar-refractivity contribution in [3.8, 4) is 0 Å². The van der Waals surface area contributed by atoms with Crippen LogP contribution in [0.25, 0.3) is 0 Å². The number of rotatable bonds is 5. The van der Waals surface area contributed by atoms with Gasteiger partial charge in [-0.2, -0.15) is 4.98 Å². The molecule has 2 heterocycles. The van der Waals surface area contributed by atoms with Crippen LogP contribution in [-0.4, -0.2) is 46.2 Å². The van der Waals surface area contributed by atoms with Gasteiger partial charge in [0.25, 0.3) is 0 Å². The number of hydrogen-bond donors (Lipinski definition) is 1. The van der Waals surface area contributed by atoms with E-state index in [1.807, 2.05) is 19.0 Å². The first kappa shape index (κ1) is 15.4. The molecule has 9 nitrogen and oxygen atoms in total. The summed E-state index contributed by atoms with van der Waals surface area (Å²) in [6.45, 7) is 1.58. The summed E-state index contributed by atoms with van der Waals surface area (Å²) >= 11 is 2.45. The molecule has 0 saturated heterocycles. The van der Waals surface area contributed by atoms with Crippen LogP contribution in [0.5, 0.6) is 0 Å². The molecular formula is C10H13N7O2S2. The molecule has 0 bridgehead atoms. The highest BCUT2D eigenvalue weighted by atomic mass is 32.2. The molecule has 2 aromatic heterocycles. The number of nitro groups is 1. The van der Waals surface area contributed by atoms with Gasteiger partial charge < -0.3 is 10.2 Å². The molecular weight excluding hydrogens is 314 g/mol. The second-order valence-electron chi connectivity index (χ2n) is 4.14. The Kier molecular flexibility index (Phi) is 4.53. The van der Waals surface area contributed by atoms with Crippen molar-refractivity contribution in [2.24, 2.45) is 0 Å². The summed E-state index contributed by atoms with van der Waals surface area (Å²) < 4.78 is 0.585. The number of nitrogens with zero attached hydrogens (tertiary/aromatic N) is 6. The van der Waals surface area contributed by atoms with Crippen molar-refractivity contribution < 1.29 is 4.92 Å². The van der Waals surface area contributed by atoms with Crippen LogP contribution in [0.3, 0.4) is 0 Å². The fraction of sp³-hybridized carbons (Fsp3) is 0.400. The largest absolute Gasteiger partial charge is 0.357 e. The van der Waals surface area contributed by atoms with Crippen molar-refractivity contribution in [1.29, 1.82) is 0 Å². The molecule has 1 N–H and O–H groups in total. The van der Waals surface area contributed by atoms with Crippen LogP contribution in [-0.2, 0) is 0 Å². The van der Waals surface area contributed by atoms with Crippen molar-refractivity contribution in [3.05, 3.63) is 15.8 Å². The lowest BCUT2D eigenvalue weighted by molar-refractivity contribution is -0.389. The number of nitrogens with one attached hydrogen (secondary N) is 1. The van der Waals surface area contributed by atoms with Crippen LogP contribution >= 0.6 is 23.1 Å². The molecule has 2 aromatic rings. The Bertz CT molecular complexity index is 673. The van der Waals surface area contributed by atoms with E-state index >= 15 is 0 Å². The number of aromatic nitrogens is 4. The fourth-order valence-electron chi connectivity index (χ4n) is 1.44. The standard InChI is InChI=1S/C10H13N7O2S2/c1-5-6(17(18)19)7(13-8(11-2)12-5)20-10-15-14-9(21-10)16(3)4/h1-4H3,(H,11,12,13). The molecule has 0 aliphatic carbocycles. The van der Waals surface area contributed by atoms with Crippen LogP contribution in [0.4, 0.5) is 16.8 Å². The molecule has 112 valence electrons. The number of anilines is 2. The Morgan fingerprint density at radius 3 is 2.57 bits per heavy atom. The van der Waals surface area contributed by atoms with E-state index < -0.39 is 4.92 Å². The quantitative estimate of drug-likeness (QED) is 0.499. The van der Waals surface area contributed by atoms with Crippen LogP contribution in [0.1, 0.15) is 5.69 Å². The van der Waals surface area contributed by atoms with Gasteiger partial charge in [0.1, 0.15) is 5.69 Å². The fourth-order valence-corrected chi connectivity index (χ4v) is 3.27. The highest BCUT2D eigenvalue weighted by molar-refractivity contribution is 8.01. The SMILES string of the molecule is CNc1nc(C)c([N+](=O)[O-])c(Sc2nnc(N(C)C)s2)n1. The second-order valence-corrected chi connectivity index (χ2v) is 6.33. The molecule has 0 spiro atoms. The predicted molar refractivity (Wildman–Crippen MR) is 81.3 cm³/mol. The van der Waals surface area contributed by atoms with Gasteiger partial charge in [0.15, 0.2) is 9.37 Å². The van der Waals surface area contributed by atoms with Crippen LogP contribution in [0.2, 0.25) is 0 Å². The third-order valence-electron chi connectivity index (χ3n) is 2.39. The lowest BCUT2D eigenvalue weighted by Gasteiger charge is -2.05. The zero-order valence-corrected chi connectivity index (χ0v) is 13.4. The highest BCUT2D eigenvalue weighted by Crippen LogP contribution is 2.37. The minimum absolute atomic E-state index is 0.111. The summed E-state index contributed by atoms with van der Waals surface area (Å²) in [4.78, 5) is 20.7. The first-order valence-electron chi connectivity index (χ1n) is 5.81. The normalized spacial score (nSPS) is 10.5. The van der Waals surface area contributed by atoms with Gasteiger partial charge in [-0.1, -0.05) is 11.3 Å². The highest BCUT2D eigenvalue weighted by Gasteiger charge is 2.24. The predicted octanol–water partition coefficient (Wildman–Crippen LogP) is 1.80. The van der Waals surface area contributed by atoms with Gasteiger partial charge in [0, 0.05) is 21.1 Å². The van der Waals surface area contributed by atoms with Crippen LogP contribution in [0.15, 0.2) is 9.37 Å². The van der Waals surface area contributed by atoms with Gasteiger partial charge >= 0.3 is 5.69 Å². The van der Waals surface area contributed by atoms with E-state index in [1.54, 1.807) is 14.0 Å². The second kappa shape index (κ2) is 6.18. The zero-order chi connectivity index (χ0) is 15.6. The molecule has 11 heteroatoms. The smallest absolute Gasteiger partial charge is 0.322 e. The van der Waals surface area contributed by atoms with E-state index in [9.17, 15) is 10.1 Å². The Hall–Kier alpha value is -2.01. The van der Waals surface area contributed by atoms with Crippen molar-refractivity contribution in [1.82, 2.24) is 20.2 Å². The maximum absolute atomic E-state index is 11.2. The molecule has 2 rings (SSSR count). The molecule has 0 saturated carbocycles. The summed E-state index contributed by atoms with van der Waals surface area (Å²) in [6, 6.07) is 0. The lowest BCUT2D eigenvalue weighted by atomic mass is 10.4. The maximum atomic E-state index is 11.2. The average Bonchev–Trinajstić information content (AvgIpc) is 2.86. The minimum atomic E-state index is -0.481. The van der Waals surface area contributed by atoms with E-state index in [2.05, 4.69) is 25.5 Å². The number of hydrogen-bond acceptors (Lipinski definition) is 10. The average molecular weight is 327 g/mol. The van der Waals surface area contributed by atoms with Crippen molar-refractivity contribution in [3.63, 3.8) is 0 Å². The molecule has 0 unspecified atom stereocenters. The summed E-state index contributed by atoms with van der Waals surface area (Å²) in [5, 5.41) is 23.0. The third kappa shape index (κ3) is 3.36. The Labute approximate surface area is 129 Å². The van der Waals surface area contributed by atoms with Gasteiger partial charge in [-0.05, 0) is 18.7 Å². The first-order chi connectivity index (χ1) is 9.92. The van der Waals surface area contributed by atoms with Gasteiger partial charge in [-0.25, -0.2) is 4.98 Å².